The molecule has 0 atom stereocenters. The van der Waals surface area contributed by atoms with Crippen molar-refractivity contribution < 1.29 is 13.9 Å². The zero-order valence-corrected chi connectivity index (χ0v) is 9.82. The second-order valence-corrected chi connectivity index (χ2v) is 4.03. The molecule has 0 unspecified atom stereocenters. The van der Waals surface area contributed by atoms with E-state index < -0.39 is 17.4 Å². The first kappa shape index (κ1) is 12.5. The van der Waals surface area contributed by atoms with Gasteiger partial charge in [0.25, 0.3) is 0 Å². The van der Waals surface area contributed by atoms with Crippen LogP contribution in [-0.2, 0) is 20.1 Å². The lowest BCUT2D eigenvalue weighted by Gasteiger charge is -2.05. The first-order chi connectivity index (χ1) is 8.56. The van der Waals surface area contributed by atoms with E-state index in [1.807, 2.05) is 13.2 Å². The minimum Gasteiger partial charge on any atom is -0.503 e. The van der Waals surface area contributed by atoms with Crippen molar-refractivity contribution >= 4 is 0 Å². The fourth-order valence-electron chi connectivity index (χ4n) is 1.63. The van der Waals surface area contributed by atoms with Crippen LogP contribution in [0, 0.1) is 11.6 Å². The summed E-state index contributed by atoms with van der Waals surface area (Å²) in [6, 6.07) is 2.21. The number of hydrogen-bond acceptors (Lipinski definition) is 3. The molecule has 2 N–H and O–H groups in total. The molecule has 4 nitrogen and oxygen atoms in total. The fourth-order valence-corrected chi connectivity index (χ4v) is 1.63. The van der Waals surface area contributed by atoms with Gasteiger partial charge in [-0.1, -0.05) is 0 Å². The Kier molecular flexibility index (Phi) is 3.57. The van der Waals surface area contributed by atoms with Gasteiger partial charge >= 0.3 is 0 Å². The highest BCUT2D eigenvalue weighted by Crippen LogP contribution is 2.21. The molecule has 0 saturated carbocycles. The van der Waals surface area contributed by atoms with Crippen LogP contribution < -0.4 is 5.32 Å². The predicted octanol–water partition coefficient (Wildman–Crippen LogP) is 1.69. The lowest BCUT2D eigenvalue weighted by atomic mass is 10.2. The summed E-state index contributed by atoms with van der Waals surface area (Å²) in [7, 11) is 1.81. The Bertz CT molecular complexity index is 531. The number of nitrogens with zero attached hydrogens (tertiary/aromatic N) is 2. The summed E-state index contributed by atoms with van der Waals surface area (Å²) in [5, 5.41) is 16.0. The SMILES string of the molecule is Cn1cc(CNCc2cc(F)c(O)c(F)c2)cn1. The van der Waals surface area contributed by atoms with Crippen molar-refractivity contribution in [2.24, 2.45) is 7.05 Å². The zero-order valence-electron chi connectivity index (χ0n) is 9.82. The quantitative estimate of drug-likeness (QED) is 0.871. The molecular formula is C12H13F2N3O. The van der Waals surface area contributed by atoms with Crippen LogP contribution in [-0.4, -0.2) is 14.9 Å². The van der Waals surface area contributed by atoms with Gasteiger partial charge in [0.15, 0.2) is 17.4 Å². The average molecular weight is 253 g/mol. The average Bonchev–Trinajstić information content (AvgIpc) is 2.72. The van der Waals surface area contributed by atoms with Gasteiger partial charge in [0, 0.05) is 31.9 Å². The topological polar surface area (TPSA) is 50.1 Å². The van der Waals surface area contributed by atoms with Crippen LogP contribution in [0.1, 0.15) is 11.1 Å². The number of aromatic hydroxyl groups is 1. The Hall–Kier alpha value is -1.95. The molecule has 0 aliphatic heterocycles. The molecule has 6 heteroatoms. The highest BCUT2D eigenvalue weighted by molar-refractivity contribution is 5.29. The van der Waals surface area contributed by atoms with Crippen LogP contribution in [0.2, 0.25) is 0 Å². The maximum Gasteiger partial charge on any atom is 0.187 e. The normalized spacial score (nSPS) is 10.8. The van der Waals surface area contributed by atoms with Crippen LogP contribution in [0.3, 0.4) is 0 Å². The molecule has 0 aliphatic rings. The maximum atomic E-state index is 13.1. The molecule has 2 rings (SSSR count). The summed E-state index contributed by atoms with van der Waals surface area (Å²) < 4.78 is 27.8. The van der Waals surface area contributed by atoms with Crippen molar-refractivity contribution in [3.63, 3.8) is 0 Å². The standard InChI is InChI=1S/C12H13F2N3O/c1-17-7-9(6-16-17)5-15-4-8-2-10(13)12(18)11(14)3-8/h2-3,6-7,15,18H,4-5H2,1H3. The monoisotopic (exact) mass is 253 g/mol. The molecule has 0 bridgehead atoms. The number of nitrogens with one attached hydrogen (secondary N) is 1. The first-order valence-electron chi connectivity index (χ1n) is 5.41. The van der Waals surface area contributed by atoms with E-state index in [0.29, 0.717) is 18.7 Å². The first-order valence-corrected chi connectivity index (χ1v) is 5.41. The van der Waals surface area contributed by atoms with Crippen LogP contribution in [0.15, 0.2) is 24.5 Å². The summed E-state index contributed by atoms with van der Waals surface area (Å²) in [4.78, 5) is 0. The van der Waals surface area contributed by atoms with Gasteiger partial charge in [-0.15, -0.1) is 0 Å². The van der Waals surface area contributed by atoms with Gasteiger partial charge in [0.2, 0.25) is 0 Å². The van der Waals surface area contributed by atoms with Crippen molar-refractivity contribution in [3.8, 4) is 5.75 Å². The second kappa shape index (κ2) is 5.14. The van der Waals surface area contributed by atoms with Crippen molar-refractivity contribution in [1.82, 2.24) is 15.1 Å². The Morgan fingerprint density at radius 2 is 1.83 bits per heavy atom. The number of benzene rings is 1. The van der Waals surface area contributed by atoms with E-state index in [0.717, 1.165) is 17.7 Å². The highest BCUT2D eigenvalue weighted by Gasteiger charge is 2.09. The number of phenolic OH excluding ortho intramolecular Hbond substituents is 1. The van der Waals surface area contributed by atoms with Crippen LogP contribution in [0.5, 0.6) is 5.75 Å². The minimum absolute atomic E-state index is 0.309. The van der Waals surface area contributed by atoms with E-state index in [-0.39, 0.29) is 0 Å². The van der Waals surface area contributed by atoms with Gasteiger partial charge in [-0.3, -0.25) is 4.68 Å². The molecule has 18 heavy (non-hydrogen) atoms. The van der Waals surface area contributed by atoms with Crippen molar-refractivity contribution in [2.75, 3.05) is 0 Å². The number of aryl methyl sites for hydroxylation is 1. The van der Waals surface area contributed by atoms with E-state index in [2.05, 4.69) is 10.4 Å². The minimum atomic E-state index is -0.951. The molecule has 96 valence electrons. The van der Waals surface area contributed by atoms with Gasteiger partial charge in [-0.2, -0.15) is 5.10 Å². The van der Waals surface area contributed by atoms with Crippen LogP contribution in [0.4, 0.5) is 8.78 Å². The number of aromatic nitrogens is 2. The maximum absolute atomic E-state index is 13.1. The van der Waals surface area contributed by atoms with E-state index in [1.165, 1.54) is 0 Å². The molecule has 0 aliphatic carbocycles. The summed E-state index contributed by atoms with van der Waals surface area (Å²) in [5.74, 6) is -2.84. The molecule has 0 fully saturated rings. The van der Waals surface area contributed by atoms with Crippen molar-refractivity contribution in [2.45, 2.75) is 13.1 Å². The molecule has 1 heterocycles. The molecule has 0 radical (unpaired) electrons. The van der Waals surface area contributed by atoms with Gasteiger partial charge in [0.1, 0.15) is 0 Å². The molecule has 2 aromatic rings. The molecule has 0 amide bonds. The molecule has 1 aromatic carbocycles. The largest absolute Gasteiger partial charge is 0.503 e. The third-order valence-electron chi connectivity index (χ3n) is 2.49. The summed E-state index contributed by atoms with van der Waals surface area (Å²) in [5.41, 5.74) is 1.42. The van der Waals surface area contributed by atoms with E-state index in [4.69, 9.17) is 5.11 Å². The third kappa shape index (κ3) is 2.84. The smallest absolute Gasteiger partial charge is 0.187 e. The number of phenols is 1. The lowest BCUT2D eigenvalue weighted by Crippen LogP contribution is -2.12. The van der Waals surface area contributed by atoms with Crippen LogP contribution >= 0.6 is 0 Å². The predicted molar refractivity (Wildman–Crippen MR) is 61.8 cm³/mol. The van der Waals surface area contributed by atoms with Crippen LogP contribution in [0.25, 0.3) is 0 Å². The number of halogens is 2. The molecule has 0 spiro atoms. The summed E-state index contributed by atoms with van der Waals surface area (Å²) in [6.07, 6.45) is 3.57. The van der Waals surface area contributed by atoms with Gasteiger partial charge in [-0.25, -0.2) is 8.78 Å². The van der Waals surface area contributed by atoms with E-state index in [9.17, 15) is 8.78 Å². The fraction of sp³-hybridized carbons (Fsp3) is 0.250. The molecule has 1 aromatic heterocycles. The van der Waals surface area contributed by atoms with Crippen molar-refractivity contribution in [3.05, 3.63) is 47.3 Å². The van der Waals surface area contributed by atoms with Gasteiger partial charge in [0.05, 0.1) is 6.20 Å². The number of rotatable bonds is 4. The summed E-state index contributed by atoms with van der Waals surface area (Å²) >= 11 is 0. The van der Waals surface area contributed by atoms with Gasteiger partial charge < -0.3 is 10.4 Å². The Morgan fingerprint density at radius 3 is 2.39 bits per heavy atom. The molecule has 0 saturated heterocycles. The lowest BCUT2D eigenvalue weighted by molar-refractivity contribution is 0.395. The second-order valence-electron chi connectivity index (χ2n) is 4.03. The van der Waals surface area contributed by atoms with Crippen molar-refractivity contribution in [1.29, 1.82) is 0 Å². The van der Waals surface area contributed by atoms with E-state index >= 15 is 0 Å². The number of hydrogen-bond donors (Lipinski definition) is 2. The molecular weight excluding hydrogens is 240 g/mol. The van der Waals surface area contributed by atoms with Gasteiger partial charge in [-0.05, 0) is 17.7 Å². The highest BCUT2D eigenvalue weighted by atomic mass is 19.1. The summed E-state index contributed by atoms with van der Waals surface area (Å²) in [6.45, 7) is 0.862. The Morgan fingerprint density at radius 1 is 1.22 bits per heavy atom. The van der Waals surface area contributed by atoms with E-state index in [1.54, 1.807) is 10.9 Å². The Balaban J connectivity index is 1.94. The Labute approximate surface area is 103 Å². The third-order valence-corrected chi connectivity index (χ3v) is 2.49. The zero-order chi connectivity index (χ0) is 13.1.